The number of unbranched alkanes of at least 4 members (excludes halogenated alkanes) is 3. The van der Waals surface area contributed by atoms with Gasteiger partial charge in [-0.15, -0.1) is 0 Å². The van der Waals surface area contributed by atoms with E-state index >= 15 is 0 Å². The van der Waals surface area contributed by atoms with Crippen LogP contribution in [0.15, 0.2) is 4.99 Å². The van der Waals surface area contributed by atoms with E-state index in [1.807, 2.05) is 6.34 Å². The van der Waals surface area contributed by atoms with Gasteiger partial charge in [-0.3, -0.25) is 4.99 Å². The number of halogens is 1. The SMILES string of the molecule is BrCCCCCCN1C=NCC1. The minimum atomic E-state index is 1.00. The molecule has 0 spiro atoms. The zero-order valence-electron chi connectivity index (χ0n) is 7.51. The second kappa shape index (κ2) is 6.46. The van der Waals surface area contributed by atoms with Crippen molar-refractivity contribution in [3.63, 3.8) is 0 Å². The standard InChI is InChI=1S/C9H17BrN2/c10-5-3-1-2-4-7-12-8-6-11-9-12/h9H,1-8H2. The van der Waals surface area contributed by atoms with Gasteiger partial charge in [0.15, 0.2) is 0 Å². The third-order valence-electron chi connectivity index (χ3n) is 2.09. The molecule has 3 heteroatoms. The van der Waals surface area contributed by atoms with Crippen molar-refractivity contribution in [1.82, 2.24) is 4.90 Å². The lowest BCUT2D eigenvalue weighted by atomic mass is 10.2. The summed E-state index contributed by atoms with van der Waals surface area (Å²) >= 11 is 3.44. The van der Waals surface area contributed by atoms with Crippen LogP contribution in [0, 0.1) is 0 Å². The van der Waals surface area contributed by atoms with Gasteiger partial charge in [0.25, 0.3) is 0 Å². The first kappa shape index (κ1) is 10.0. The summed E-state index contributed by atoms with van der Waals surface area (Å²) in [7, 11) is 0. The number of hydrogen-bond acceptors (Lipinski definition) is 2. The second-order valence-corrected chi connectivity index (χ2v) is 3.95. The molecule has 0 saturated heterocycles. The summed E-state index contributed by atoms with van der Waals surface area (Å²) in [5.41, 5.74) is 0. The number of alkyl halides is 1. The van der Waals surface area contributed by atoms with Crippen molar-refractivity contribution >= 4 is 22.3 Å². The molecule has 1 rings (SSSR count). The van der Waals surface area contributed by atoms with E-state index in [0.29, 0.717) is 0 Å². The summed E-state index contributed by atoms with van der Waals surface area (Å²) < 4.78 is 0. The molecule has 0 aromatic heterocycles. The summed E-state index contributed by atoms with van der Waals surface area (Å²) in [5.74, 6) is 0. The molecule has 0 radical (unpaired) electrons. The summed E-state index contributed by atoms with van der Waals surface area (Å²) in [6.45, 7) is 3.34. The predicted molar refractivity (Wildman–Crippen MR) is 57.2 cm³/mol. The van der Waals surface area contributed by atoms with Crippen LogP contribution in [-0.4, -0.2) is 36.2 Å². The van der Waals surface area contributed by atoms with Gasteiger partial charge < -0.3 is 4.90 Å². The molecular weight excluding hydrogens is 216 g/mol. The van der Waals surface area contributed by atoms with Crippen molar-refractivity contribution in [3.8, 4) is 0 Å². The van der Waals surface area contributed by atoms with Crippen molar-refractivity contribution in [3.05, 3.63) is 0 Å². The Kier molecular flexibility index (Phi) is 5.41. The second-order valence-electron chi connectivity index (χ2n) is 3.16. The normalized spacial score (nSPS) is 15.9. The van der Waals surface area contributed by atoms with E-state index in [2.05, 4.69) is 25.8 Å². The molecule has 0 saturated carbocycles. The summed E-state index contributed by atoms with van der Waals surface area (Å²) in [4.78, 5) is 6.49. The van der Waals surface area contributed by atoms with Gasteiger partial charge in [0, 0.05) is 18.4 Å². The molecule has 0 unspecified atom stereocenters. The van der Waals surface area contributed by atoms with Crippen LogP contribution in [0.2, 0.25) is 0 Å². The molecule has 0 bridgehead atoms. The average Bonchev–Trinajstić information content (AvgIpc) is 2.57. The van der Waals surface area contributed by atoms with Gasteiger partial charge in [-0.1, -0.05) is 28.8 Å². The average molecular weight is 233 g/mol. The third kappa shape index (κ3) is 4.10. The zero-order chi connectivity index (χ0) is 8.65. The largest absolute Gasteiger partial charge is 0.361 e. The molecule has 0 aromatic carbocycles. The van der Waals surface area contributed by atoms with E-state index in [1.165, 1.54) is 32.2 Å². The molecule has 1 heterocycles. The van der Waals surface area contributed by atoms with E-state index in [0.717, 1.165) is 18.4 Å². The fourth-order valence-electron chi connectivity index (χ4n) is 1.35. The van der Waals surface area contributed by atoms with Crippen LogP contribution in [0.4, 0.5) is 0 Å². The first-order valence-corrected chi connectivity index (χ1v) is 5.85. The highest BCUT2D eigenvalue weighted by Crippen LogP contribution is 2.03. The Morgan fingerprint density at radius 3 is 2.75 bits per heavy atom. The van der Waals surface area contributed by atoms with Crippen LogP contribution in [0.3, 0.4) is 0 Å². The van der Waals surface area contributed by atoms with E-state index in [-0.39, 0.29) is 0 Å². The Hall–Kier alpha value is -0.0500. The van der Waals surface area contributed by atoms with Gasteiger partial charge in [-0.2, -0.15) is 0 Å². The van der Waals surface area contributed by atoms with Gasteiger partial charge in [-0.25, -0.2) is 0 Å². The maximum atomic E-state index is 4.17. The summed E-state index contributed by atoms with van der Waals surface area (Å²) in [6.07, 6.45) is 7.34. The highest BCUT2D eigenvalue weighted by atomic mass is 79.9. The first-order chi connectivity index (χ1) is 5.93. The van der Waals surface area contributed by atoms with Gasteiger partial charge in [0.1, 0.15) is 0 Å². The lowest BCUT2D eigenvalue weighted by Gasteiger charge is -2.12. The van der Waals surface area contributed by atoms with E-state index in [1.54, 1.807) is 0 Å². The minimum absolute atomic E-state index is 1.00. The van der Waals surface area contributed by atoms with Crippen LogP contribution in [0.1, 0.15) is 25.7 Å². The van der Waals surface area contributed by atoms with Gasteiger partial charge in [0.2, 0.25) is 0 Å². The molecule has 0 aliphatic carbocycles. The zero-order valence-corrected chi connectivity index (χ0v) is 9.09. The number of nitrogens with zero attached hydrogens (tertiary/aromatic N) is 2. The fraction of sp³-hybridized carbons (Fsp3) is 0.889. The van der Waals surface area contributed by atoms with Gasteiger partial charge >= 0.3 is 0 Å². The van der Waals surface area contributed by atoms with Crippen LogP contribution in [0.5, 0.6) is 0 Å². The molecule has 0 atom stereocenters. The van der Waals surface area contributed by atoms with Crippen molar-refractivity contribution in [2.75, 3.05) is 25.0 Å². The Balaban J connectivity index is 1.85. The van der Waals surface area contributed by atoms with Crippen LogP contribution < -0.4 is 0 Å². The molecule has 0 amide bonds. The minimum Gasteiger partial charge on any atom is -0.361 e. The molecular formula is C9H17BrN2. The van der Waals surface area contributed by atoms with Crippen LogP contribution in [-0.2, 0) is 0 Å². The van der Waals surface area contributed by atoms with Crippen LogP contribution in [0.25, 0.3) is 0 Å². The lowest BCUT2D eigenvalue weighted by Crippen LogP contribution is -2.20. The molecule has 0 aromatic rings. The highest BCUT2D eigenvalue weighted by Gasteiger charge is 2.03. The molecule has 0 fully saturated rings. The van der Waals surface area contributed by atoms with Crippen molar-refractivity contribution in [1.29, 1.82) is 0 Å². The van der Waals surface area contributed by atoms with Crippen molar-refractivity contribution in [2.24, 2.45) is 4.99 Å². The van der Waals surface area contributed by atoms with Gasteiger partial charge in [0.05, 0.1) is 12.9 Å². The summed E-state index contributed by atoms with van der Waals surface area (Å²) in [5, 5.41) is 1.15. The maximum absolute atomic E-state index is 4.17. The Morgan fingerprint density at radius 2 is 2.08 bits per heavy atom. The number of rotatable bonds is 6. The van der Waals surface area contributed by atoms with E-state index in [4.69, 9.17) is 0 Å². The number of aliphatic imine (C=N–C) groups is 1. The van der Waals surface area contributed by atoms with E-state index in [9.17, 15) is 0 Å². The third-order valence-corrected chi connectivity index (χ3v) is 2.65. The monoisotopic (exact) mass is 232 g/mol. The topological polar surface area (TPSA) is 15.6 Å². The summed E-state index contributed by atoms with van der Waals surface area (Å²) in [6, 6.07) is 0. The quantitative estimate of drug-likeness (QED) is 0.507. The highest BCUT2D eigenvalue weighted by molar-refractivity contribution is 9.09. The fourth-order valence-corrected chi connectivity index (χ4v) is 1.75. The predicted octanol–water partition coefficient (Wildman–Crippen LogP) is 2.29. The maximum Gasteiger partial charge on any atom is 0.0851 e. The van der Waals surface area contributed by atoms with Crippen LogP contribution >= 0.6 is 15.9 Å². The Labute approximate surface area is 83.2 Å². The Bertz CT molecular complexity index is 136. The number of hydrogen-bond donors (Lipinski definition) is 0. The molecule has 70 valence electrons. The van der Waals surface area contributed by atoms with Crippen molar-refractivity contribution in [2.45, 2.75) is 25.7 Å². The molecule has 2 nitrogen and oxygen atoms in total. The van der Waals surface area contributed by atoms with Crippen molar-refractivity contribution < 1.29 is 0 Å². The molecule has 1 aliphatic rings. The molecule has 1 aliphatic heterocycles. The molecule has 12 heavy (non-hydrogen) atoms. The lowest BCUT2D eigenvalue weighted by molar-refractivity contribution is 0.443. The van der Waals surface area contributed by atoms with E-state index < -0.39 is 0 Å². The first-order valence-electron chi connectivity index (χ1n) is 4.73. The smallest absolute Gasteiger partial charge is 0.0851 e. The Morgan fingerprint density at radius 1 is 1.25 bits per heavy atom. The van der Waals surface area contributed by atoms with Gasteiger partial charge in [-0.05, 0) is 12.8 Å². The molecule has 0 N–H and O–H groups in total.